The van der Waals surface area contributed by atoms with Crippen molar-refractivity contribution in [1.82, 2.24) is 5.32 Å². The number of carbonyl (C=O) groups is 1. The van der Waals surface area contributed by atoms with Crippen LogP contribution >= 0.6 is 15.9 Å². The third-order valence-corrected chi connectivity index (χ3v) is 4.59. The van der Waals surface area contributed by atoms with Gasteiger partial charge < -0.3 is 10.6 Å². The predicted octanol–water partition coefficient (Wildman–Crippen LogP) is 3.64. The van der Waals surface area contributed by atoms with Gasteiger partial charge in [0.25, 0.3) is 0 Å². The maximum absolute atomic E-state index is 11.4. The summed E-state index contributed by atoms with van der Waals surface area (Å²) in [7, 11) is 1.96. The number of carbonyl (C=O) groups excluding carboxylic acids is 1. The molecule has 1 aliphatic rings. The van der Waals surface area contributed by atoms with Crippen molar-refractivity contribution >= 4 is 27.5 Å². The summed E-state index contributed by atoms with van der Waals surface area (Å²) in [5.74, 6) is 0.103. The Bertz CT molecular complexity index is 684. The van der Waals surface area contributed by atoms with Crippen LogP contribution in [0.2, 0.25) is 0 Å². The zero-order chi connectivity index (χ0) is 14.8. The first-order chi connectivity index (χ1) is 10.2. The molecular weight excluding hydrogens is 328 g/mol. The van der Waals surface area contributed by atoms with Crippen LogP contribution in [-0.2, 0) is 11.2 Å². The molecule has 1 heterocycles. The first kappa shape index (κ1) is 14.3. The minimum absolute atomic E-state index is 0.103. The van der Waals surface area contributed by atoms with Gasteiger partial charge in [0.1, 0.15) is 0 Å². The van der Waals surface area contributed by atoms with Crippen LogP contribution in [-0.4, -0.2) is 13.0 Å². The van der Waals surface area contributed by atoms with Crippen molar-refractivity contribution < 1.29 is 4.79 Å². The largest absolute Gasteiger partial charge is 0.326 e. The number of fused-ring (bicyclic) bond motifs is 1. The van der Waals surface area contributed by atoms with Gasteiger partial charge in [-0.2, -0.15) is 0 Å². The van der Waals surface area contributed by atoms with E-state index in [1.807, 2.05) is 25.2 Å². The molecule has 2 N–H and O–H groups in total. The van der Waals surface area contributed by atoms with Gasteiger partial charge in [-0.1, -0.05) is 46.3 Å². The fraction of sp³-hybridized carbons (Fsp3) is 0.235. The molecule has 0 radical (unpaired) electrons. The summed E-state index contributed by atoms with van der Waals surface area (Å²) >= 11 is 3.62. The highest BCUT2D eigenvalue weighted by Crippen LogP contribution is 2.31. The van der Waals surface area contributed by atoms with Crippen molar-refractivity contribution in [1.29, 1.82) is 0 Å². The lowest BCUT2D eigenvalue weighted by molar-refractivity contribution is -0.116. The molecule has 21 heavy (non-hydrogen) atoms. The number of hydrogen-bond donors (Lipinski definition) is 2. The van der Waals surface area contributed by atoms with Crippen LogP contribution < -0.4 is 10.6 Å². The Labute approximate surface area is 132 Å². The average Bonchev–Trinajstić information content (AvgIpc) is 2.50. The SMILES string of the molecule is CNC(c1ccc2c(c1)CCC(=O)N2)c1ccccc1Br. The second-order valence-corrected chi connectivity index (χ2v) is 6.06. The van der Waals surface area contributed by atoms with Crippen LogP contribution in [0.5, 0.6) is 0 Å². The van der Waals surface area contributed by atoms with Crippen LogP contribution in [0.3, 0.4) is 0 Å². The molecule has 2 aromatic carbocycles. The van der Waals surface area contributed by atoms with E-state index in [2.05, 4.69) is 50.8 Å². The lowest BCUT2D eigenvalue weighted by Crippen LogP contribution is -2.21. The molecule has 0 saturated carbocycles. The van der Waals surface area contributed by atoms with Gasteiger partial charge in [0.2, 0.25) is 5.91 Å². The number of rotatable bonds is 3. The Balaban J connectivity index is 1.99. The van der Waals surface area contributed by atoms with E-state index in [0.717, 1.165) is 16.6 Å². The highest BCUT2D eigenvalue weighted by atomic mass is 79.9. The Morgan fingerprint density at radius 2 is 2.00 bits per heavy atom. The molecular formula is C17H17BrN2O. The zero-order valence-corrected chi connectivity index (χ0v) is 13.4. The smallest absolute Gasteiger partial charge is 0.224 e. The molecule has 0 saturated heterocycles. The monoisotopic (exact) mass is 344 g/mol. The molecule has 0 spiro atoms. The number of aryl methyl sites for hydroxylation is 1. The van der Waals surface area contributed by atoms with E-state index < -0.39 is 0 Å². The van der Waals surface area contributed by atoms with Crippen molar-refractivity contribution in [3.63, 3.8) is 0 Å². The summed E-state index contributed by atoms with van der Waals surface area (Å²) in [6, 6.07) is 14.6. The standard InChI is InChI=1S/C17H17BrN2O/c1-19-17(13-4-2-3-5-14(13)18)12-6-8-15-11(10-12)7-9-16(21)20-15/h2-6,8,10,17,19H,7,9H2,1H3,(H,20,21). The van der Waals surface area contributed by atoms with Gasteiger partial charge in [0.15, 0.2) is 0 Å². The number of halogens is 1. The van der Waals surface area contributed by atoms with E-state index in [1.54, 1.807) is 0 Å². The number of amides is 1. The van der Waals surface area contributed by atoms with Gasteiger partial charge in [-0.15, -0.1) is 0 Å². The Morgan fingerprint density at radius 3 is 2.76 bits per heavy atom. The molecule has 1 aliphatic heterocycles. The highest BCUT2D eigenvalue weighted by Gasteiger charge is 2.19. The summed E-state index contributed by atoms with van der Waals surface area (Å²) in [6.07, 6.45) is 1.37. The molecule has 2 aromatic rings. The fourth-order valence-corrected chi connectivity index (χ4v) is 3.31. The molecule has 3 rings (SSSR count). The second kappa shape index (κ2) is 6.00. The molecule has 1 amide bonds. The molecule has 1 atom stereocenters. The van der Waals surface area contributed by atoms with Crippen molar-refractivity contribution in [3.8, 4) is 0 Å². The molecule has 108 valence electrons. The number of hydrogen-bond acceptors (Lipinski definition) is 2. The van der Waals surface area contributed by atoms with Crippen molar-refractivity contribution in [2.45, 2.75) is 18.9 Å². The normalized spacial score (nSPS) is 15.2. The summed E-state index contributed by atoms with van der Waals surface area (Å²) in [6.45, 7) is 0. The zero-order valence-electron chi connectivity index (χ0n) is 11.8. The minimum Gasteiger partial charge on any atom is -0.326 e. The van der Waals surface area contributed by atoms with E-state index >= 15 is 0 Å². The maximum atomic E-state index is 11.4. The Kier molecular flexibility index (Phi) is 4.08. The van der Waals surface area contributed by atoms with E-state index in [0.29, 0.717) is 6.42 Å². The van der Waals surface area contributed by atoms with Crippen LogP contribution in [0.4, 0.5) is 5.69 Å². The van der Waals surface area contributed by atoms with Crippen LogP contribution in [0.15, 0.2) is 46.9 Å². The lowest BCUT2D eigenvalue weighted by Gasteiger charge is -2.22. The van der Waals surface area contributed by atoms with Crippen molar-refractivity contribution in [2.24, 2.45) is 0 Å². The topological polar surface area (TPSA) is 41.1 Å². The van der Waals surface area contributed by atoms with Crippen molar-refractivity contribution in [2.75, 3.05) is 12.4 Å². The van der Waals surface area contributed by atoms with E-state index in [1.165, 1.54) is 16.7 Å². The van der Waals surface area contributed by atoms with Gasteiger partial charge in [0.05, 0.1) is 6.04 Å². The quantitative estimate of drug-likeness (QED) is 0.892. The molecule has 3 nitrogen and oxygen atoms in total. The Hall–Kier alpha value is -1.65. The molecule has 4 heteroatoms. The third kappa shape index (κ3) is 2.87. The van der Waals surface area contributed by atoms with Crippen LogP contribution in [0.25, 0.3) is 0 Å². The summed E-state index contributed by atoms with van der Waals surface area (Å²) in [5.41, 5.74) is 4.57. The first-order valence-electron chi connectivity index (χ1n) is 7.03. The molecule has 1 unspecified atom stereocenters. The second-order valence-electron chi connectivity index (χ2n) is 5.21. The minimum atomic E-state index is 0.103. The van der Waals surface area contributed by atoms with Gasteiger partial charge in [0, 0.05) is 16.6 Å². The number of anilines is 1. The third-order valence-electron chi connectivity index (χ3n) is 3.86. The summed E-state index contributed by atoms with van der Waals surface area (Å²) in [4.78, 5) is 11.4. The van der Waals surface area contributed by atoms with Gasteiger partial charge in [-0.3, -0.25) is 4.79 Å². The first-order valence-corrected chi connectivity index (χ1v) is 7.82. The molecule has 0 aliphatic carbocycles. The van der Waals surface area contributed by atoms with Gasteiger partial charge in [-0.25, -0.2) is 0 Å². The summed E-state index contributed by atoms with van der Waals surface area (Å²) < 4.78 is 1.09. The lowest BCUT2D eigenvalue weighted by atomic mass is 9.94. The van der Waals surface area contributed by atoms with E-state index in [4.69, 9.17) is 0 Å². The van der Waals surface area contributed by atoms with Crippen LogP contribution in [0, 0.1) is 0 Å². The molecule has 0 bridgehead atoms. The number of nitrogens with one attached hydrogen (secondary N) is 2. The Morgan fingerprint density at radius 1 is 1.19 bits per heavy atom. The average molecular weight is 345 g/mol. The van der Waals surface area contributed by atoms with Gasteiger partial charge in [-0.05, 0) is 42.3 Å². The fourth-order valence-electron chi connectivity index (χ4n) is 2.79. The van der Waals surface area contributed by atoms with Gasteiger partial charge >= 0.3 is 0 Å². The van der Waals surface area contributed by atoms with E-state index in [-0.39, 0.29) is 11.9 Å². The maximum Gasteiger partial charge on any atom is 0.224 e. The molecule has 0 fully saturated rings. The van der Waals surface area contributed by atoms with Crippen LogP contribution in [0.1, 0.15) is 29.2 Å². The molecule has 0 aromatic heterocycles. The predicted molar refractivity (Wildman–Crippen MR) is 88.4 cm³/mol. The number of benzene rings is 2. The van der Waals surface area contributed by atoms with E-state index in [9.17, 15) is 4.79 Å². The van der Waals surface area contributed by atoms with Crippen molar-refractivity contribution in [3.05, 3.63) is 63.6 Å². The summed E-state index contributed by atoms with van der Waals surface area (Å²) in [5, 5.41) is 6.30. The highest BCUT2D eigenvalue weighted by molar-refractivity contribution is 9.10.